The second kappa shape index (κ2) is 5.39. The lowest BCUT2D eigenvalue weighted by molar-refractivity contribution is -0.206. The molecule has 0 unspecified atom stereocenters. The zero-order valence-corrected chi connectivity index (χ0v) is 12.0. The summed E-state index contributed by atoms with van der Waals surface area (Å²) in [4.78, 5) is 12.7. The third kappa shape index (κ3) is 2.34. The van der Waals surface area contributed by atoms with E-state index >= 15 is 0 Å². The van der Waals surface area contributed by atoms with E-state index in [0.29, 0.717) is 31.0 Å². The van der Waals surface area contributed by atoms with Crippen LogP contribution in [0.25, 0.3) is 0 Å². The van der Waals surface area contributed by atoms with E-state index in [9.17, 15) is 4.79 Å². The molecule has 0 amide bonds. The van der Waals surface area contributed by atoms with Crippen molar-refractivity contribution in [3.63, 3.8) is 0 Å². The topological polar surface area (TPSA) is 35.5 Å². The second-order valence-electron chi connectivity index (χ2n) is 6.34. The van der Waals surface area contributed by atoms with Crippen molar-refractivity contribution in [3.05, 3.63) is 48.0 Å². The lowest BCUT2D eigenvalue weighted by atomic mass is 9.60. The average molecular weight is 284 g/mol. The molecular formula is C18H20O3. The average Bonchev–Trinajstić information content (AvgIpc) is 2.56. The molecule has 0 aromatic heterocycles. The van der Waals surface area contributed by atoms with Crippen LogP contribution in [0.3, 0.4) is 0 Å². The van der Waals surface area contributed by atoms with Crippen molar-refractivity contribution in [2.75, 3.05) is 6.61 Å². The van der Waals surface area contributed by atoms with Crippen LogP contribution in [0.15, 0.2) is 42.5 Å². The van der Waals surface area contributed by atoms with Crippen LogP contribution in [-0.2, 0) is 20.9 Å². The number of carbonyl (C=O) groups excluding carboxylic acids is 1. The third-order valence-corrected chi connectivity index (χ3v) is 5.16. The Bertz CT molecular complexity index is 551. The molecule has 5 rings (SSSR count). The van der Waals surface area contributed by atoms with Gasteiger partial charge in [0.25, 0.3) is 0 Å². The van der Waals surface area contributed by atoms with Gasteiger partial charge in [-0.25, -0.2) is 0 Å². The van der Waals surface area contributed by atoms with Crippen molar-refractivity contribution in [3.8, 4) is 0 Å². The highest BCUT2D eigenvalue weighted by atomic mass is 16.7. The van der Waals surface area contributed by atoms with Gasteiger partial charge in [-0.1, -0.05) is 42.5 Å². The molecule has 0 spiro atoms. The maximum Gasteiger partial charge on any atom is 0.218 e. The molecule has 0 N–H and O–H groups in total. The van der Waals surface area contributed by atoms with E-state index in [0.717, 1.165) is 12.0 Å². The fourth-order valence-electron chi connectivity index (χ4n) is 4.07. The van der Waals surface area contributed by atoms with Gasteiger partial charge in [-0.15, -0.1) is 0 Å². The molecule has 5 atom stereocenters. The van der Waals surface area contributed by atoms with Crippen LogP contribution in [-0.4, -0.2) is 18.7 Å². The number of benzene rings is 1. The summed E-state index contributed by atoms with van der Waals surface area (Å²) in [5.41, 5.74) is 1.07. The molecule has 21 heavy (non-hydrogen) atoms. The minimum absolute atomic E-state index is 0.114. The Morgan fingerprint density at radius 3 is 2.62 bits per heavy atom. The standard InChI is InChI=1S/C18H20O3/c19-17-16-14-8-6-13(7-9-14)15(16)11-21-18(17)20-10-12-4-2-1-3-5-12/h1-6,8,13-16,18H,7,9-11H2/t13-,14+,15-,16+,18+/m0/s1. The molecule has 2 fully saturated rings. The molecule has 1 heterocycles. The first-order chi connectivity index (χ1) is 10.3. The molecule has 3 nitrogen and oxygen atoms in total. The molecular weight excluding hydrogens is 264 g/mol. The Morgan fingerprint density at radius 2 is 1.86 bits per heavy atom. The highest BCUT2D eigenvalue weighted by molar-refractivity contribution is 5.86. The second-order valence-corrected chi connectivity index (χ2v) is 6.34. The molecule has 1 aromatic rings. The Labute approximate surface area is 124 Å². The van der Waals surface area contributed by atoms with Gasteiger partial charge in [0.2, 0.25) is 6.29 Å². The molecule has 1 saturated carbocycles. The number of carbonyl (C=O) groups is 1. The molecule has 2 bridgehead atoms. The predicted molar refractivity (Wildman–Crippen MR) is 78.3 cm³/mol. The summed E-state index contributed by atoms with van der Waals surface area (Å²) in [7, 11) is 0. The molecule has 3 aliphatic carbocycles. The highest BCUT2D eigenvalue weighted by Crippen LogP contribution is 2.47. The van der Waals surface area contributed by atoms with Gasteiger partial charge in [0, 0.05) is 5.92 Å². The maximum atomic E-state index is 12.7. The Hall–Kier alpha value is -1.45. The van der Waals surface area contributed by atoms with Crippen LogP contribution in [0.1, 0.15) is 18.4 Å². The number of allylic oxidation sites excluding steroid dienone is 2. The SMILES string of the molecule is O=C1[C@H](OCc2ccccc2)OC[C@@H]2[C@H]1[C@@H]1C=C[C@H]2CC1. The minimum Gasteiger partial charge on any atom is -0.346 e. The molecule has 110 valence electrons. The normalized spacial score (nSPS) is 37.5. The fraction of sp³-hybridized carbons (Fsp3) is 0.500. The zero-order valence-electron chi connectivity index (χ0n) is 12.0. The quantitative estimate of drug-likeness (QED) is 0.801. The summed E-state index contributed by atoms with van der Waals surface area (Å²) < 4.78 is 11.5. The summed E-state index contributed by atoms with van der Waals surface area (Å²) in [6.45, 7) is 1.08. The van der Waals surface area contributed by atoms with E-state index in [1.165, 1.54) is 6.42 Å². The molecule has 1 aliphatic heterocycles. The number of rotatable bonds is 3. The van der Waals surface area contributed by atoms with E-state index in [1.54, 1.807) is 0 Å². The van der Waals surface area contributed by atoms with Crippen molar-refractivity contribution >= 4 is 5.78 Å². The summed E-state index contributed by atoms with van der Waals surface area (Å²) in [6, 6.07) is 9.93. The van der Waals surface area contributed by atoms with Crippen LogP contribution in [0.4, 0.5) is 0 Å². The van der Waals surface area contributed by atoms with Crippen LogP contribution in [0.2, 0.25) is 0 Å². The van der Waals surface area contributed by atoms with E-state index < -0.39 is 6.29 Å². The van der Waals surface area contributed by atoms with Crippen molar-refractivity contribution in [2.24, 2.45) is 23.7 Å². The first-order valence-corrected chi connectivity index (χ1v) is 7.82. The molecule has 1 saturated heterocycles. The van der Waals surface area contributed by atoms with Gasteiger partial charge in [-0.05, 0) is 36.2 Å². The third-order valence-electron chi connectivity index (χ3n) is 5.16. The Balaban J connectivity index is 1.44. The first kappa shape index (κ1) is 13.2. The summed E-state index contributed by atoms with van der Waals surface area (Å²) >= 11 is 0. The van der Waals surface area contributed by atoms with Gasteiger partial charge >= 0.3 is 0 Å². The maximum absolute atomic E-state index is 12.7. The van der Waals surface area contributed by atoms with Crippen LogP contribution in [0.5, 0.6) is 0 Å². The summed E-state index contributed by atoms with van der Waals surface area (Å²) in [5, 5.41) is 0. The molecule has 3 heteroatoms. The van der Waals surface area contributed by atoms with Crippen molar-refractivity contribution in [1.29, 1.82) is 0 Å². The van der Waals surface area contributed by atoms with Crippen LogP contribution < -0.4 is 0 Å². The van der Waals surface area contributed by atoms with Crippen molar-refractivity contribution in [1.82, 2.24) is 0 Å². The Morgan fingerprint density at radius 1 is 1.10 bits per heavy atom. The van der Waals surface area contributed by atoms with E-state index in [1.807, 2.05) is 30.3 Å². The number of Topliss-reactive ketones (excluding diaryl/α,β-unsaturated/α-hetero) is 1. The molecule has 0 radical (unpaired) electrons. The van der Waals surface area contributed by atoms with Gasteiger partial charge in [0.15, 0.2) is 5.78 Å². The number of ether oxygens (including phenoxy) is 2. The lowest BCUT2D eigenvalue weighted by Gasteiger charge is -2.47. The first-order valence-electron chi connectivity index (χ1n) is 7.82. The molecule has 1 aromatic carbocycles. The smallest absolute Gasteiger partial charge is 0.218 e. The van der Waals surface area contributed by atoms with E-state index in [-0.39, 0.29) is 11.7 Å². The number of ketones is 1. The minimum atomic E-state index is -0.681. The van der Waals surface area contributed by atoms with Crippen molar-refractivity contribution in [2.45, 2.75) is 25.7 Å². The highest BCUT2D eigenvalue weighted by Gasteiger charge is 2.49. The van der Waals surface area contributed by atoms with Crippen LogP contribution >= 0.6 is 0 Å². The van der Waals surface area contributed by atoms with Gasteiger partial charge in [0.05, 0.1) is 13.2 Å². The van der Waals surface area contributed by atoms with Gasteiger partial charge < -0.3 is 9.47 Å². The number of fused-ring (bicyclic) bond motifs is 1. The number of hydrogen-bond donors (Lipinski definition) is 0. The summed E-state index contributed by atoms with van der Waals surface area (Å²) in [5.74, 6) is 1.57. The predicted octanol–water partition coefficient (Wildman–Crippen LogP) is 2.96. The largest absolute Gasteiger partial charge is 0.346 e. The number of hydrogen-bond acceptors (Lipinski definition) is 3. The van der Waals surface area contributed by atoms with Crippen molar-refractivity contribution < 1.29 is 14.3 Å². The lowest BCUT2D eigenvalue weighted by Crippen LogP contribution is -2.52. The monoisotopic (exact) mass is 284 g/mol. The summed E-state index contributed by atoms with van der Waals surface area (Å²) in [6.07, 6.45) is 6.19. The van der Waals surface area contributed by atoms with E-state index in [2.05, 4.69) is 12.2 Å². The molecule has 4 aliphatic rings. The van der Waals surface area contributed by atoms with Gasteiger partial charge in [0.1, 0.15) is 0 Å². The fourth-order valence-corrected chi connectivity index (χ4v) is 4.07. The van der Waals surface area contributed by atoms with Gasteiger partial charge in [-0.2, -0.15) is 0 Å². The van der Waals surface area contributed by atoms with Crippen LogP contribution in [0, 0.1) is 23.7 Å². The van der Waals surface area contributed by atoms with Gasteiger partial charge in [-0.3, -0.25) is 4.79 Å². The zero-order chi connectivity index (χ0) is 14.2. The Kier molecular flexibility index (Phi) is 3.40. The van der Waals surface area contributed by atoms with E-state index in [4.69, 9.17) is 9.47 Å².